The Morgan fingerprint density at radius 3 is 1.76 bits per heavy atom. The fourth-order valence-electron chi connectivity index (χ4n) is 2.95. The molecular weight excluding hydrogens is 473 g/mol. The first kappa shape index (κ1) is 28.4. The summed E-state index contributed by atoms with van der Waals surface area (Å²) in [6.07, 6.45) is -10.1. The van der Waals surface area contributed by atoms with Crippen LogP contribution in [0.3, 0.4) is 0 Å². The number of benzene rings is 2. The highest BCUT2D eigenvalue weighted by Gasteiger charge is 2.45. The Morgan fingerprint density at radius 2 is 1.33 bits per heavy atom. The quantitative estimate of drug-likeness (QED) is 0.150. The lowest BCUT2D eigenvalue weighted by Crippen LogP contribution is -2.29. The first-order chi connectivity index (χ1) is 15.3. The maximum Gasteiger partial charge on any atom is 0.417 e. The molecule has 11 heteroatoms. The monoisotopic (exact) mass is 496 g/mol. The van der Waals surface area contributed by atoms with E-state index in [1.54, 1.807) is 0 Å². The molecule has 0 fully saturated rings. The van der Waals surface area contributed by atoms with Gasteiger partial charge < -0.3 is 9.30 Å². The van der Waals surface area contributed by atoms with Gasteiger partial charge in [-0.2, -0.15) is 26.3 Å². The molecule has 33 heavy (non-hydrogen) atoms. The van der Waals surface area contributed by atoms with Crippen LogP contribution < -0.4 is 0 Å². The largest absolute Gasteiger partial charge is 0.465 e. The predicted octanol–water partition coefficient (Wildman–Crippen LogP) is 6.22. The van der Waals surface area contributed by atoms with Gasteiger partial charge in [0.25, 0.3) is 0 Å². The maximum absolute atomic E-state index is 13.5. The number of alkyl halides is 6. The number of ketones is 1. The molecule has 2 rings (SSSR count). The van der Waals surface area contributed by atoms with Crippen LogP contribution in [0, 0.1) is 5.92 Å². The number of hydrogen-bond donors (Lipinski definition) is 0. The van der Waals surface area contributed by atoms with Crippen LogP contribution in [0.15, 0.2) is 48.5 Å². The van der Waals surface area contributed by atoms with Gasteiger partial charge in [-0.25, -0.2) is 0 Å². The van der Waals surface area contributed by atoms with E-state index in [9.17, 15) is 35.9 Å². The van der Waals surface area contributed by atoms with Crippen molar-refractivity contribution in [2.75, 3.05) is 6.61 Å². The molecule has 0 saturated carbocycles. The predicted molar refractivity (Wildman–Crippen MR) is 112 cm³/mol. The smallest absolute Gasteiger partial charge is 0.417 e. The van der Waals surface area contributed by atoms with Crippen LogP contribution >= 0.6 is 9.12 Å². The van der Waals surface area contributed by atoms with Crippen molar-refractivity contribution >= 4 is 20.9 Å². The summed E-state index contributed by atoms with van der Waals surface area (Å²) in [4.78, 5) is 25.8. The summed E-state index contributed by atoms with van der Waals surface area (Å²) in [5.41, 5.74) is -5.18. The van der Waals surface area contributed by atoms with Crippen LogP contribution in [0.5, 0.6) is 0 Å². The van der Waals surface area contributed by atoms with E-state index in [1.807, 2.05) is 13.8 Å². The Bertz CT molecular complexity index is 910. The van der Waals surface area contributed by atoms with Crippen LogP contribution in [0.4, 0.5) is 26.3 Å². The molecule has 4 nitrogen and oxygen atoms in total. The Kier molecular flexibility index (Phi) is 10.4. The number of ether oxygens (including phenoxy) is 1. The standard InChI is InChI=1S/C22H20F6O3.H3OP/c1-13(2)11-12-31-20(30)17(14-7-4-3-5-8-14)19(29)18-15(21(23,24)25)9-6-10-16(18)22(26,27)28;1-2/h3-10,13,17H,11-12H2,1-2H3;2H3. The van der Waals surface area contributed by atoms with Crippen molar-refractivity contribution in [3.05, 3.63) is 70.8 Å². The lowest BCUT2D eigenvalue weighted by Gasteiger charge is -2.22. The molecule has 0 aliphatic carbocycles. The number of rotatable bonds is 7. The minimum absolute atomic E-state index is 0.0628. The minimum Gasteiger partial charge on any atom is -0.465 e. The maximum atomic E-state index is 13.5. The van der Waals surface area contributed by atoms with Crippen molar-refractivity contribution in [1.29, 1.82) is 0 Å². The molecule has 182 valence electrons. The number of carbonyl (C=O) groups is 2. The zero-order valence-corrected chi connectivity index (χ0v) is 19.2. The van der Waals surface area contributed by atoms with Crippen LogP contribution in [0.2, 0.25) is 0 Å². The first-order valence-electron chi connectivity index (χ1n) is 9.66. The Balaban J connectivity index is 0.00000265. The van der Waals surface area contributed by atoms with E-state index in [0.717, 1.165) is 0 Å². The Morgan fingerprint density at radius 1 is 0.848 bits per heavy atom. The van der Waals surface area contributed by atoms with Gasteiger partial charge in [-0.3, -0.25) is 9.59 Å². The van der Waals surface area contributed by atoms with Gasteiger partial charge in [0.15, 0.2) is 5.78 Å². The van der Waals surface area contributed by atoms with Gasteiger partial charge in [0.1, 0.15) is 5.92 Å². The van der Waals surface area contributed by atoms with Crippen molar-refractivity contribution in [2.24, 2.45) is 5.92 Å². The molecule has 0 amide bonds. The molecule has 0 spiro atoms. The molecule has 0 saturated heterocycles. The van der Waals surface area contributed by atoms with E-state index in [4.69, 9.17) is 9.30 Å². The average Bonchev–Trinajstić information content (AvgIpc) is 2.74. The first-order valence-corrected chi connectivity index (χ1v) is 10.2. The normalized spacial score (nSPS) is 12.6. The number of halogens is 6. The second-order valence-electron chi connectivity index (χ2n) is 7.28. The zero-order chi connectivity index (χ0) is 25.4. The van der Waals surface area contributed by atoms with E-state index in [1.165, 1.54) is 30.3 Å². The summed E-state index contributed by atoms with van der Waals surface area (Å²) in [6.45, 7) is 3.55. The van der Waals surface area contributed by atoms with Crippen molar-refractivity contribution in [2.45, 2.75) is 38.5 Å². The number of Topliss-reactive ketones (excluding diaryl/α,β-unsaturated/α-hetero) is 1. The zero-order valence-electron chi connectivity index (χ0n) is 17.8. The summed E-state index contributed by atoms with van der Waals surface area (Å²) in [5, 5.41) is 0. The summed E-state index contributed by atoms with van der Waals surface area (Å²) in [5.74, 6) is -4.68. The molecule has 0 bridgehead atoms. The van der Waals surface area contributed by atoms with E-state index in [0.29, 0.717) is 33.7 Å². The summed E-state index contributed by atoms with van der Waals surface area (Å²) in [7, 11) is 0.611. The average molecular weight is 496 g/mol. The molecule has 0 radical (unpaired) electrons. The topological polar surface area (TPSA) is 60.4 Å². The van der Waals surface area contributed by atoms with Crippen molar-refractivity contribution < 1.29 is 45.2 Å². The van der Waals surface area contributed by atoms with Gasteiger partial charge in [0.05, 0.1) is 26.9 Å². The van der Waals surface area contributed by atoms with Crippen LogP contribution in [0.1, 0.15) is 53.2 Å². The molecule has 2 unspecified atom stereocenters. The fraction of sp³-hybridized carbons (Fsp3) is 0.364. The third-order valence-corrected chi connectivity index (χ3v) is 4.49. The second kappa shape index (κ2) is 12.0. The van der Waals surface area contributed by atoms with Crippen LogP contribution in [0.25, 0.3) is 0 Å². The summed E-state index contributed by atoms with van der Waals surface area (Å²) >= 11 is 0. The summed E-state index contributed by atoms with van der Waals surface area (Å²) in [6, 6.07) is 8.24. The van der Waals surface area contributed by atoms with E-state index >= 15 is 0 Å². The van der Waals surface area contributed by atoms with Gasteiger partial charge in [-0.05, 0) is 30.0 Å². The molecule has 2 aromatic rings. The van der Waals surface area contributed by atoms with Crippen LogP contribution in [-0.2, 0) is 26.4 Å². The van der Waals surface area contributed by atoms with Gasteiger partial charge in [0.2, 0.25) is 0 Å². The fourth-order valence-corrected chi connectivity index (χ4v) is 2.95. The molecule has 0 N–H and O–H groups in total. The highest BCUT2D eigenvalue weighted by atomic mass is 31.0. The van der Waals surface area contributed by atoms with Crippen LogP contribution in [-0.4, -0.2) is 18.4 Å². The lowest BCUT2D eigenvalue weighted by molar-refractivity contribution is -0.146. The Labute approximate surface area is 188 Å². The molecule has 0 aliphatic rings. The minimum atomic E-state index is -5.24. The number of carbonyl (C=O) groups excluding carboxylic acids is 2. The van der Waals surface area contributed by atoms with E-state index < -0.39 is 46.7 Å². The molecule has 2 aromatic carbocycles. The highest BCUT2D eigenvalue weighted by molar-refractivity contribution is 7.00. The molecule has 0 aliphatic heterocycles. The molecule has 0 aromatic heterocycles. The van der Waals surface area contributed by atoms with E-state index in [-0.39, 0.29) is 18.1 Å². The molecular formula is C22H23F6O4P. The van der Waals surface area contributed by atoms with Gasteiger partial charge in [0, 0.05) is 5.56 Å². The molecule has 0 heterocycles. The third kappa shape index (κ3) is 7.74. The lowest BCUT2D eigenvalue weighted by atomic mass is 9.85. The molecule has 2 atom stereocenters. The SMILES string of the molecule is CC(C)CCOC(=O)C(C(=O)c1c(C(F)(F)F)cccc1C(F)(F)F)c1ccccc1.O=[PH3]. The number of esters is 1. The Hall–Kier alpha value is -2.61. The van der Waals surface area contributed by atoms with Crippen molar-refractivity contribution in [1.82, 2.24) is 0 Å². The van der Waals surface area contributed by atoms with Gasteiger partial charge in [-0.15, -0.1) is 0 Å². The van der Waals surface area contributed by atoms with Gasteiger partial charge >= 0.3 is 18.3 Å². The second-order valence-corrected chi connectivity index (χ2v) is 7.28. The number of hydrogen-bond acceptors (Lipinski definition) is 4. The highest BCUT2D eigenvalue weighted by Crippen LogP contribution is 2.41. The van der Waals surface area contributed by atoms with Gasteiger partial charge in [-0.1, -0.05) is 50.2 Å². The summed E-state index contributed by atoms with van der Waals surface area (Å²) < 4.78 is 94.3. The van der Waals surface area contributed by atoms with Crippen molar-refractivity contribution in [3.63, 3.8) is 0 Å². The van der Waals surface area contributed by atoms with Crippen molar-refractivity contribution in [3.8, 4) is 0 Å². The third-order valence-electron chi connectivity index (χ3n) is 4.49. The van der Waals surface area contributed by atoms with E-state index in [2.05, 4.69) is 0 Å².